The van der Waals surface area contributed by atoms with E-state index in [0.29, 0.717) is 5.82 Å². The van der Waals surface area contributed by atoms with Gasteiger partial charge < -0.3 is 0 Å². The van der Waals surface area contributed by atoms with Crippen molar-refractivity contribution in [3.05, 3.63) is 23.3 Å². The molecule has 0 saturated heterocycles. The van der Waals surface area contributed by atoms with Gasteiger partial charge in [-0.1, -0.05) is 34.6 Å². The zero-order valence-electron chi connectivity index (χ0n) is 10.7. The van der Waals surface area contributed by atoms with Crippen molar-refractivity contribution in [1.82, 2.24) is 9.97 Å². The molecule has 0 aliphatic heterocycles. The lowest BCUT2D eigenvalue weighted by Crippen LogP contribution is -2.23. The van der Waals surface area contributed by atoms with Gasteiger partial charge in [-0.3, -0.25) is 0 Å². The lowest BCUT2D eigenvalue weighted by atomic mass is 9.88. The van der Waals surface area contributed by atoms with Crippen LogP contribution in [0.2, 0.25) is 0 Å². The second-order valence-corrected chi connectivity index (χ2v) is 5.39. The molecule has 0 amide bonds. The van der Waals surface area contributed by atoms with Gasteiger partial charge in [0.2, 0.25) is 0 Å². The van der Waals surface area contributed by atoms with Crippen molar-refractivity contribution < 1.29 is 13.2 Å². The Labute approximate surface area is 99.3 Å². The van der Waals surface area contributed by atoms with Crippen LogP contribution >= 0.6 is 0 Å². The molecule has 0 spiro atoms. The molecule has 1 aromatic heterocycles. The molecule has 0 N–H and O–H groups in total. The summed E-state index contributed by atoms with van der Waals surface area (Å²) in [6, 6.07) is 0. The fourth-order valence-electron chi connectivity index (χ4n) is 1.45. The van der Waals surface area contributed by atoms with E-state index in [9.17, 15) is 13.2 Å². The van der Waals surface area contributed by atoms with Crippen LogP contribution in [0, 0.1) is 0 Å². The number of alkyl halides is 3. The molecule has 17 heavy (non-hydrogen) atoms. The monoisotopic (exact) mass is 246 g/mol. The zero-order valence-corrected chi connectivity index (χ0v) is 10.7. The molecule has 1 aromatic rings. The van der Waals surface area contributed by atoms with Crippen molar-refractivity contribution in [2.75, 3.05) is 0 Å². The van der Waals surface area contributed by atoms with Gasteiger partial charge in [-0.2, -0.15) is 13.2 Å². The fourth-order valence-corrected chi connectivity index (χ4v) is 1.45. The molecule has 5 heteroatoms. The van der Waals surface area contributed by atoms with Gasteiger partial charge in [0.15, 0.2) is 0 Å². The molecule has 0 aliphatic rings. The van der Waals surface area contributed by atoms with E-state index in [0.717, 1.165) is 6.20 Å². The largest absolute Gasteiger partial charge is 0.419 e. The topological polar surface area (TPSA) is 25.8 Å². The van der Waals surface area contributed by atoms with Crippen molar-refractivity contribution in [1.29, 1.82) is 0 Å². The molecule has 0 saturated carbocycles. The minimum absolute atomic E-state index is 0.0124. The summed E-state index contributed by atoms with van der Waals surface area (Å²) < 4.78 is 38.5. The molecule has 1 heterocycles. The highest BCUT2D eigenvalue weighted by Gasteiger charge is 2.38. The van der Waals surface area contributed by atoms with Crippen LogP contribution in [0.4, 0.5) is 13.2 Å². The Morgan fingerprint density at radius 3 is 2.00 bits per heavy atom. The minimum atomic E-state index is -4.40. The highest BCUT2D eigenvalue weighted by molar-refractivity contribution is 5.27. The van der Waals surface area contributed by atoms with Crippen molar-refractivity contribution in [2.45, 2.75) is 52.1 Å². The van der Waals surface area contributed by atoms with Gasteiger partial charge in [-0.25, -0.2) is 9.97 Å². The van der Waals surface area contributed by atoms with Gasteiger partial charge >= 0.3 is 6.18 Å². The molecule has 0 atom stereocenters. The first-order valence-corrected chi connectivity index (χ1v) is 5.48. The molecule has 0 aromatic carbocycles. The maximum atomic E-state index is 12.8. The standard InChI is InChI=1S/C12H17F3N2/c1-7(2)10-16-6-8(12(13,14)15)9(17-10)11(3,4)5/h6-7H,1-5H3. The van der Waals surface area contributed by atoms with E-state index in [4.69, 9.17) is 0 Å². The third kappa shape index (κ3) is 3.17. The number of hydrogen-bond acceptors (Lipinski definition) is 2. The SMILES string of the molecule is CC(C)c1ncc(C(F)(F)F)c(C(C)(C)C)n1. The second-order valence-electron chi connectivity index (χ2n) is 5.39. The van der Waals surface area contributed by atoms with Crippen LogP contribution in [0.5, 0.6) is 0 Å². The predicted molar refractivity (Wildman–Crippen MR) is 59.8 cm³/mol. The molecule has 0 fully saturated rings. The van der Waals surface area contributed by atoms with Gasteiger partial charge in [-0.05, 0) is 0 Å². The van der Waals surface area contributed by atoms with E-state index in [-0.39, 0.29) is 11.6 Å². The van der Waals surface area contributed by atoms with Gasteiger partial charge in [0.25, 0.3) is 0 Å². The summed E-state index contributed by atoms with van der Waals surface area (Å²) in [5.41, 5.74) is -1.34. The van der Waals surface area contributed by atoms with Crippen LogP contribution in [0.1, 0.15) is 57.6 Å². The van der Waals surface area contributed by atoms with E-state index in [2.05, 4.69) is 9.97 Å². The van der Waals surface area contributed by atoms with E-state index in [1.165, 1.54) is 0 Å². The summed E-state index contributed by atoms with van der Waals surface area (Å²) in [6.45, 7) is 8.86. The summed E-state index contributed by atoms with van der Waals surface area (Å²) in [5, 5.41) is 0. The number of rotatable bonds is 1. The van der Waals surface area contributed by atoms with Crippen LogP contribution in [0.25, 0.3) is 0 Å². The van der Waals surface area contributed by atoms with Gasteiger partial charge in [-0.15, -0.1) is 0 Å². The van der Waals surface area contributed by atoms with Gasteiger partial charge in [0.1, 0.15) is 5.82 Å². The van der Waals surface area contributed by atoms with Crippen LogP contribution in [-0.4, -0.2) is 9.97 Å². The summed E-state index contributed by atoms with van der Waals surface area (Å²) in [6.07, 6.45) is -3.51. The predicted octanol–water partition coefficient (Wildman–Crippen LogP) is 3.92. The van der Waals surface area contributed by atoms with E-state index < -0.39 is 17.2 Å². The average Bonchev–Trinajstić information content (AvgIpc) is 2.14. The smallest absolute Gasteiger partial charge is 0.240 e. The maximum Gasteiger partial charge on any atom is 0.419 e. The third-order valence-electron chi connectivity index (χ3n) is 2.34. The van der Waals surface area contributed by atoms with E-state index in [1.807, 2.05) is 13.8 Å². The van der Waals surface area contributed by atoms with Crippen LogP contribution in [-0.2, 0) is 11.6 Å². The molecule has 0 bridgehead atoms. The van der Waals surface area contributed by atoms with Crippen LogP contribution < -0.4 is 0 Å². The third-order valence-corrected chi connectivity index (χ3v) is 2.34. The average molecular weight is 246 g/mol. The molecule has 2 nitrogen and oxygen atoms in total. The van der Waals surface area contributed by atoms with Crippen molar-refractivity contribution in [3.63, 3.8) is 0 Å². The van der Waals surface area contributed by atoms with Crippen LogP contribution in [0.3, 0.4) is 0 Å². The minimum Gasteiger partial charge on any atom is -0.240 e. The first-order valence-electron chi connectivity index (χ1n) is 5.48. The Morgan fingerprint density at radius 2 is 1.65 bits per heavy atom. The van der Waals surface area contributed by atoms with Crippen molar-refractivity contribution >= 4 is 0 Å². The number of halogens is 3. The zero-order chi connectivity index (χ0) is 13.4. The summed E-state index contributed by atoms with van der Waals surface area (Å²) in [7, 11) is 0. The molecule has 0 unspecified atom stereocenters. The van der Waals surface area contributed by atoms with Gasteiger partial charge in [0.05, 0.1) is 11.3 Å². The lowest BCUT2D eigenvalue weighted by molar-refractivity contribution is -0.139. The Kier molecular flexibility index (Phi) is 3.50. The quantitative estimate of drug-likeness (QED) is 0.750. The summed E-state index contributed by atoms with van der Waals surface area (Å²) in [4.78, 5) is 7.87. The summed E-state index contributed by atoms with van der Waals surface area (Å²) in [5.74, 6) is 0.460. The highest BCUT2D eigenvalue weighted by Crippen LogP contribution is 2.36. The highest BCUT2D eigenvalue weighted by atomic mass is 19.4. The van der Waals surface area contributed by atoms with Gasteiger partial charge in [0, 0.05) is 17.5 Å². The van der Waals surface area contributed by atoms with Crippen molar-refractivity contribution in [2.24, 2.45) is 0 Å². The first-order chi connectivity index (χ1) is 7.53. The number of nitrogens with zero attached hydrogens (tertiary/aromatic N) is 2. The van der Waals surface area contributed by atoms with Crippen LogP contribution in [0.15, 0.2) is 6.20 Å². The molecule has 0 aliphatic carbocycles. The Hall–Kier alpha value is -1.13. The Morgan fingerprint density at radius 1 is 1.12 bits per heavy atom. The number of hydrogen-bond donors (Lipinski definition) is 0. The summed E-state index contributed by atoms with van der Waals surface area (Å²) >= 11 is 0. The lowest BCUT2D eigenvalue weighted by Gasteiger charge is -2.23. The normalized spacial score (nSPS) is 13.2. The molecule has 96 valence electrons. The van der Waals surface area contributed by atoms with E-state index in [1.54, 1.807) is 20.8 Å². The fraction of sp³-hybridized carbons (Fsp3) is 0.667. The Bertz CT molecular complexity index is 403. The molecular formula is C12H17F3N2. The second kappa shape index (κ2) is 4.27. The molecule has 1 rings (SSSR count). The Balaban J connectivity index is 3.43. The van der Waals surface area contributed by atoms with Crippen molar-refractivity contribution in [3.8, 4) is 0 Å². The number of aromatic nitrogens is 2. The maximum absolute atomic E-state index is 12.8. The van der Waals surface area contributed by atoms with E-state index >= 15 is 0 Å². The molecular weight excluding hydrogens is 229 g/mol. The first kappa shape index (κ1) is 13.9. The molecule has 0 radical (unpaired) electrons.